The normalized spacial score (nSPS) is 20.1. The summed E-state index contributed by atoms with van der Waals surface area (Å²) in [5.74, 6) is 1.93. The molecule has 2 atom stereocenters. The van der Waals surface area contributed by atoms with E-state index in [1.54, 1.807) is 10.9 Å². The van der Waals surface area contributed by atoms with E-state index in [1.807, 2.05) is 30.8 Å². The lowest BCUT2D eigenvalue weighted by molar-refractivity contribution is 0.101. The highest BCUT2D eigenvalue weighted by Gasteiger charge is 2.27. The third kappa shape index (κ3) is 4.00. The third-order valence-corrected chi connectivity index (χ3v) is 4.87. The zero-order valence-corrected chi connectivity index (χ0v) is 14.7. The SMILES string of the molecule is Cc1nnc(CN(C)[C@@H]2CCN(C[C@@H](O)Cn3cccn3)C2)n1C. The average molecular weight is 333 g/mol. The molecule has 3 rings (SSSR count). The van der Waals surface area contributed by atoms with Crippen LogP contribution in [0.3, 0.4) is 0 Å². The number of nitrogens with zero attached hydrogens (tertiary/aromatic N) is 7. The van der Waals surface area contributed by atoms with E-state index in [-0.39, 0.29) is 0 Å². The minimum atomic E-state index is -0.393. The Kier molecular flexibility index (Phi) is 5.27. The highest BCUT2D eigenvalue weighted by molar-refractivity contribution is 4.94. The van der Waals surface area contributed by atoms with Crippen molar-refractivity contribution >= 4 is 0 Å². The Hall–Kier alpha value is -1.77. The van der Waals surface area contributed by atoms with Crippen LogP contribution in [0.2, 0.25) is 0 Å². The van der Waals surface area contributed by atoms with E-state index >= 15 is 0 Å². The minimum absolute atomic E-state index is 0.393. The van der Waals surface area contributed by atoms with E-state index in [9.17, 15) is 5.11 Å². The van der Waals surface area contributed by atoms with E-state index in [0.717, 1.165) is 37.7 Å². The quantitative estimate of drug-likeness (QED) is 0.762. The summed E-state index contributed by atoms with van der Waals surface area (Å²) in [7, 11) is 4.14. The van der Waals surface area contributed by atoms with Crippen LogP contribution >= 0.6 is 0 Å². The van der Waals surface area contributed by atoms with E-state index in [1.165, 1.54) is 0 Å². The first kappa shape index (κ1) is 17.1. The van der Waals surface area contributed by atoms with Gasteiger partial charge in [-0.1, -0.05) is 0 Å². The van der Waals surface area contributed by atoms with Gasteiger partial charge in [0.15, 0.2) is 0 Å². The fraction of sp³-hybridized carbons (Fsp3) is 0.688. The molecule has 1 saturated heterocycles. The molecule has 3 heterocycles. The summed E-state index contributed by atoms with van der Waals surface area (Å²) in [5.41, 5.74) is 0. The summed E-state index contributed by atoms with van der Waals surface area (Å²) in [5, 5.41) is 22.8. The molecule has 0 bridgehead atoms. The Bertz CT molecular complexity index is 639. The first-order chi connectivity index (χ1) is 11.5. The van der Waals surface area contributed by atoms with Gasteiger partial charge in [0.05, 0.1) is 19.2 Å². The maximum Gasteiger partial charge on any atom is 0.146 e. The van der Waals surface area contributed by atoms with Crippen LogP contribution in [0.4, 0.5) is 0 Å². The Morgan fingerprint density at radius 2 is 2.21 bits per heavy atom. The number of hydrogen-bond acceptors (Lipinski definition) is 6. The highest BCUT2D eigenvalue weighted by atomic mass is 16.3. The lowest BCUT2D eigenvalue weighted by atomic mass is 10.2. The second kappa shape index (κ2) is 7.42. The smallest absolute Gasteiger partial charge is 0.146 e. The molecule has 8 nitrogen and oxygen atoms in total. The van der Waals surface area contributed by atoms with Gasteiger partial charge in [0.25, 0.3) is 0 Å². The second-order valence-corrected chi connectivity index (χ2v) is 6.72. The van der Waals surface area contributed by atoms with Gasteiger partial charge in [-0.2, -0.15) is 5.10 Å². The molecule has 0 aliphatic carbocycles. The molecule has 1 aliphatic heterocycles. The summed E-state index contributed by atoms with van der Waals surface area (Å²) in [4.78, 5) is 4.67. The molecule has 24 heavy (non-hydrogen) atoms. The zero-order valence-electron chi connectivity index (χ0n) is 14.7. The number of aliphatic hydroxyl groups is 1. The minimum Gasteiger partial charge on any atom is -0.390 e. The van der Waals surface area contributed by atoms with Crippen molar-refractivity contribution in [1.82, 2.24) is 34.3 Å². The van der Waals surface area contributed by atoms with Crippen LogP contribution in [0.5, 0.6) is 0 Å². The fourth-order valence-corrected chi connectivity index (χ4v) is 3.26. The topological polar surface area (TPSA) is 75.2 Å². The Morgan fingerprint density at radius 1 is 1.38 bits per heavy atom. The summed E-state index contributed by atoms with van der Waals surface area (Å²) in [6.07, 6.45) is 4.34. The number of likely N-dealkylation sites (tertiary alicyclic amines) is 1. The van der Waals surface area contributed by atoms with Crippen LogP contribution in [0.1, 0.15) is 18.1 Å². The number of hydrogen-bond donors (Lipinski definition) is 1. The summed E-state index contributed by atoms with van der Waals surface area (Å²) < 4.78 is 3.82. The Balaban J connectivity index is 1.46. The Labute approximate surface area is 142 Å². The zero-order chi connectivity index (χ0) is 17.1. The number of aryl methyl sites for hydroxylation is 1. The lowest BCUT2D eigenvalue weighted by Gasteiger charge is -2.25. The molecule has 0 saturated carbocycles. The maximum atomic E-state index is 10.2. The first-order valence-corrected chi connectivity index (χ1v) is 8.46. The average Bonchev–Trinajstić information content (AvgIpc) is 3.26. The molecule has 8 heteroatoms. The van der Waals surface area contributed by atoms with Crippen LogP contribution in [0, 0.1) is 6.92 Å². The molecule has 2 aromatic heterocycles. The van der Waals surface area contributed by atoms with E-state index < -0.39 is 6.10 Å². The molecule has 2 aromatic rings. The molecule has 1 fully saturated rings. The largest absolute Gasteiger partial charge is 0.390 e. The summed E-state index contributed by atoms with van der Waals surface area (Å²) in [6.45, 7) is 5.99. The number of likely N-dealkylation sites (N-methyl/N-ethyl adjacent to an activating group) is 1. The van der Waals surface area contributed by atoms with Crippen LogP contribution in [-0.2, 0) is 20.1 Å². The van der Waals surface area contributed by atoms with Gasteiger partial charge in [0.2, 0.25) is 0 Å². The van der Waals surface area contributed by atoms with Gasteiger partial charge in [-0.3, -0.25) is 14.5 Å². The maximum absolute atomic E-state index is 10.2. The molecule has 1 N–H and O–H groups in total. The van der Waals surface area contributed by atoms with Gasteiger partial charge in [0, 0.05) is 38.6 Å². The van der Waals surface area contributed by atoms with Gasteiger partial charge < -0.3 is 9.67 Å². The monoisotopic (exact) mass is 333 g/mol. The van der Waals surface area contributed by atoms with Crippen molar-refractivity contribution < 1.29 is 5.11 Å². The predicted molar refractivity (Wildman–Crippen MR) is 90.3 cm³/mol. The number of aliphatic hydroxyl groups excluding tert-OH is 1. The van der Waals surface area contributed by atoms with Crippen LogP contribution in [-0.4, -0.2) is 78.3 Å². The van der Waals surface area contributed by atoms with Gasteiger partial charge in [-0.25, -0.2) is 0 Å². The van der Waals surface area contributed by atoms with Crippen molar-refractivity contribution in [1.29, 1.82) is 0 Å². The highest BCUT2D eigenvalue weighted by Crippen LogP contribution is 2.16. The summed E-state index contributed by atoms with van der Waals surface area (Å²) in [6, 6.07) is 2.36. The standard InChI is InChI=1S/C16H27N7O/c1-13-18-19-16(21(13)3)12-20(2)14-5-8-22(9-14)10-15(24)11-23-7-4-6-17-23/h4,6-7,14-15,24H,5,8-12H2,1-3H3/t14-,15-/m1/s1. The van der Waals surface area contributed by atoms with E-state index in [4.69, 9.17) is 0 Å². The van der Waals surface area contributed by atoms with Crippen molar-refractivity contribution in [3.8, 4) is 0 Å². The van der Waals surface area contributed by atoms with Crippen molar-refractivity contribution in [2.75, 3.05) is 26.7 Å². The number of aromatic nitrogens is 5. The van der Waals surface area contributed by atoms with Crippen LogP contribution in [0.25, 0.3) is 0 Å². The van der Waals surface area contributed by atoms with Crippen LogP contribution < -0.4 is 0 Å². The molecule has 0 radical (unpaired) electrons. The molecule has 0 unspecified atom stereocenters. The van der Waals surface area contributed by atoms with Gasteiger partial charge in [0.1, 0.15) is 11.6 Å². The number of rotatable bonds is 7. The molecule has 132 valence electrons. The van der Waals surface area contributed by atoms with Gasteiger partial charge in [-0.15, -0.1) is 10.2 Å². The third-order valence-electron chi connectivity index (χ3n) is 4.87. The van der Waals surface area contributed by atoms with Crippen molar-refractivity contribution in [2.45, 2.75) is 38.6 Å². The van der Waals surface area contributed by atoms with Crippen molar-refractivity contribution in [3.63, 3.8) is 0 Å². The first-order valence-electron chi connectivity index (χ1n) is 8.46. The number of β-amino-alcohol motifs (C(OH)–C–C–N with tert-alkyl or cyclic N) is 1. The summed E-state index contributed by atoms with van der Waals surface area (Å²) >= 11 is 0. The molecular weight excluding hydrogens is 306 g/mol. The fourth-order valence-electron chi connectivity index (χ4n) is 3.26. The van der Waals surface area contributed by atoms with Crippen molar-refractivity contribution in [2.24, 2.45) is 7.05 Å². The molecule has 0 amide bonds. The van der Waals surface area contributed by atoms with E-state index in [2.05, 4.69) is 32.1 Å². The molecule has 1 aliphatic rings. The predicted octanol–water partition coefficient (Wildman–Crippen LogP) is -0.113. The molecule has 0 spiro atoms. The van der Waals surface area contributed by atoms with E-state index in [0.29, 0.717) is 19.1 Å². The second-order valence-electron chi connectivity index (χ2n) is 6.72. The van der Waals surface area contributed by atoms with Gasteiger partial charge >= 0.3 is 0 Å². The van der Waals surface area contributed by atoms with Crippen LogP contribution in [0.15, 0.2) is 18.5 Å². The molecular formula is C16H27N7O. The van der Waals surface area contributed by atoms with Crippen molar-refractivity contribution in [3.05, 3.63) is 30.1 Å². The molecule has 0 aromatic carbocycles. The Morgan fingerprint density at radius 3 is 2.88 bits per heavy atom. The van der Waals surface area contributed by atoms with Gasteiger partial charge in [-0.05, 0) is 33.0 Å². The lowest BCUT2D eigenvalue weighted by Crippen LogP contribution is -2.38.